The van der Waals surface area contributed by atoms with Crippen molar-refractivity contribution in [1.29, 1.82) is 0 Å². The summed E-state index contributed by atoms with van der Waals surface area (Å²) in [6.45, 7) is 1.22. The number of aliphatic carboxylic acids is 1. The minimum Gasteiger partial charge on any atom is -0.480 e. The van der Waals surface area contributed by atoms with Gasteiger partial charge < -0.3 is 20.8 Å². The third-order valence-electron chi connectivity index (χ3n) is 2.27. The number of aryl methyl sites for hydroxylation is 2. The van der Waals surface area contributed by atoms with Crippen LogP contribution in [0.2, 0.25) is 0 Å². The molecule has 8 nitrogen and oxygen atoms in total. The average Bonchev–Trinajstić information content (AvgIpc) is 2.65. The predicted octanol–water partition coefficient (Wildman–Crippen LogP) is -0.450. The molecule has 1 aromatic heterocycles. The van der Waals surface area contributed by atoms with E-state index < -0.39 is 24.6 Å². The summed E-state index contributed by atoms with van der Waals surface area (Å²) in [5, 5.41) is 26.2. The number of carboxylic acid groups (broad SMARTS) is 1. The number of aliphatic hydroxyl groups excluding tert-OH is 1. The number of carbonyl (C=O) groups is 2. The van der Waals surface area contributed by atoms with Crippen LogP contribution in [0.5, 0.6) is 0 Å². The zero-order valence-corrected chi connectivity index (χ0v) is 10.2. The van der Waals surface area contributed by atoms with Crippen molar-refractivity contribution < 1.29 is 19.8 Å². The van der Waals surface area contributed by atoms with Gasteiger partial charge in [-0.1, -0.05) is 6.92 Å². The number of aliphatic hydroxyl groups is 1. The Morgan fingerprint density at radius 1 is 1.56 bits per heavy atom. The van der Waals surface area contributed by atoms with Crippen LogP contribution in [0.1, 0.15) is 12.6 Å². The van der Waals surface area contributed by atoms with E-state index in [1.807, 2.05) is 6.92 Å². The number of urea groups is 1. The standard InChI is InChI=1S/C10H16N4O4/c1-3-6-7(4-14(2)13-6)11-10(18)12-8(5-15)9(16)17/h4,8,15H,3,5H2,1-2H3,(H,16,17)(H2,11,12,18)/t8-/m1/s1. The van der Waals surface area contributed by atoms with Crippen molar-refractivity contribution >= 4 is 17.7 Å². The molecule has 0 saturated heterocycles. The van der Waals surface area contributed by atoms with Crippen LogP contribution < -0.4 is 10.6 Å². The molecule has 0 radical (unpaired) electrons. The van der Waals surface area contributed by atoms with Crippen LogP contribution in [0.4, 0.5) is 10.5 Å². The summed E-state index contributed by atoms with van der Waals surface area (Å²) >= 11 is 0. The van der Waals surface area contributed by atoms with Crippen molar-refractivity contribution in [3.63, 3.8) is 0 Å². The molecule has 0 fully saturated rings. The highest BCUT2D eigenvalue weighted by atomic mass is 16.4. The van der Waals surface area contributed by atoms with Crippen LogP contribution in [0.15, 0.2) is 6.20 Å². The van der Waals surface area contributed by atoms with E-state index >= 15 is 0 Å². The molecular weight excluding hydrogens is 240 g/mol. The number of hydrogen-bond donors (Lipinski definition) is 4. The predicted molar refractivity (Wildman–Crippen MR) is 63.3 cm³/mol. The molecule has 0 aliphatic rings. The van der Waals surface area contributed by atoms with Crippen LogP contribution in [0, 0.1) is 0 Å². The van der Waals surface area contributed by atoms with Crippen LogP contribution in [-0.4, -0.2) is 44.6 Å². The molecule has 2 amide bonds. The highest BCUT2D eigenvalue weighted by Gasteiger charge is 2.19. The second kappa shape index (κ2) is 6.01. The highest BCUT2D eigenvalue weighted by molar-refractivity contribution is 5.92. The first-order valence-electron chi connectivity index (χ1n) is 5.41. The van der Waals surface area contributed by atoms with Crippen LogP contribution >= 0.6 is 0 Å². The number of carbonyl (C=O) groups excluding carboxylic acids is 1. The summed E-state index contributed by atoms with van der Waals surface area (Å²) in [5.41, 5.74) is 1.21. The minimum absolute atomic E-state index is 0.513. The molecule has 1 atom stereocenters. The molecule has 0 aliphatic heterocycles. The first-order chi connectivity index (χ1) is 8.47. The second-order valence-electron chi connectivity index (χ2n) is 3.69. The van der Waals surface area contributed by atoms with Crippen LogP contribution in [-0.2, 0) is 18.3 Å². The largest absolute Gasteiger partial charge is 0.480 e. The van der Waals surface area contributed by atoms with Crippen molar-refractivity contribution in [2.75, 3.05) is 11.9 Å². The van der Waals surface area contributed by atoms with Crippen molar-refractivity contribution in [3.8, 4) is 0 Å². The third-order valence-corrected chi connectivity index (χ3v) is 2.27. The van der Waals surface area contributed by atoms with E-state index in [0.29, 0.717) is 17.8 Å². The van der Waals surface area contributed by atoms with Crippen molar-refractivity contribution in [3.05, 3.63) is 11.9 Å². The van der Waals surface area contributed by atoms with Gasteiger partial charge in [-0.25, -0.2) is 9.59 Å². The van der Waals surface area contributed by atoms with E-state index in [9.17, 15) is 9.59 Å². The van der Waals surface area contributed by atoms with Gasteiger partial charge in [-0.05, 0) is 6.42 Å². The molecule has 0 bridgehead atoms. The van der Waals surface area contributed by atoms with E-state index in [0.717, 1.165) is 0 Å². The summed E-state index contributed by atoms with van der Waals surface area (Å²) in [7, 11) is 1.72. The lowest BCUT2D eigenvalue weighted by Gasteiger charge is -2.12. The summed E-state index contributed by atoms with van der Waals surface area (Å²) in [6, 6.07) is -2.02. The molecule has 1 heterocycles. The number of rotatable bonds is 5. The van der Waals surface area contributed by atoms with Crippen LogP contribution in [0.25, 0.3) is 0 Å². The fourth-order valence-electron chi connectivity index (χ4n) is 1.40. The van der Waals surface area contributed by atoms with E-state index in [4.69, 9.17) is 10.2 Å². The van der Waals surface area contributed by atoms with E-state index in [1.165, 1.54) is 0 Å². The molecule has 0 spiro atoms. The Hall–Kier alpha value is -2.09. The highest BCUT2D eigenvalue weighted by Crippen LogP contribution is 2.13. The minimum atomic E-state index is -1.33. The number of nitrogens with one attached hydrogen (secondary N) is 2. The number of hydrogen-bond acceptors (Lipinski definition) is 4. The Bertz CT molecular complexity index is 443. The monoisotopic (exact) mass is 256 g/mol. The summed E-state index contributed by atoms with van der Waals surface area (Å²) in [6.07, 6.45) is 2.26. The van der Waals surface area contributed by atoms with Gasteiger partial charge in [0, 0.05) is 13.2 Å². The third kappa shape index (κ3) is 3.45. The molecule has 0 unspecified atom stereocenters. The van der Waals surface area contributed by atoms with Gasteiger partial charge in [-0.3, -0.25) is 4.68 Å². The Kier molecular flexibility index (Phi) is 4.67. The van der Waals surface area contributed by atoms with Gasteiger partial charge >= 0.3 is 12.0 Å². The van der Waals surface area contributed by atoms with Crippen molar-refractivity contribution in [2.24, 2.45) is 7.05 Å². The molecule has 0 aliphatic carbocycles. The zero-order chi connectivity index (χ0) is 13.7. The summed E-state index contributed by atoms with van der Waals surface area (Å²) < 4.78 is 1.55. The average molecular weight is 256 g/mol. The number of carboxylic acids is 1. The van der Waals surface area contributed by atoms with Gasteiger partial charge in [0.2, 0.25) is 0 Å². The van der Waals surface area contributed by atoms with Crippen LogP contribution in [0.3, 0.4) is 0 Å². The van der Waals surface area contributed by atoms with Gasteiger partial charge in [0.25, 0.3) is 0 Å². The quantitative estimate of drug-likeness (QED) is 0.569. The van der Waals surface area contributed by atoms with E-state index in [1.54, 1.807) is 17.9 Å². The lowest BCUT2D eigenvalue weighted by atomic mass is 10.3. The van der Waals surface area contributed by atoms with Gasteiger partial charge in [-0.15, -0.1) is 0 Å². The van der Waals surface area contributed by atoms with E-state index in [-0.39, 0.29) is 0 Å². The normalized spacial score (nSPS) is 11.9. The fourth-order valence-corrected chi connectivity index (χ4v) is 1.40. The van der Waals surface area contributed by atoms with E-state index in [2.05, 4.69) is 15.7 Å². The Morgan fingerprint density at radius 2 is 2.22 bits per heavy atom. The lowest BCUT2D eigenvalue weighted by molar-refractivity contribution is -0.140. The fraction of sp³-hybridized carbons (Fsp3) is 0.500. The number of amides is 2. The van der Waals surface area contributed by atoms with Gasteiger partial charge in [0.1, 0.15) is 0 Å². The first-order valence-corrected chi connectivity index (χ1v) is 5.41. The summed E-state index contributed by atoms with van der Waals surface area (Å²) in [4.78, 5) is 22.2. The zero-order valence-electron chi connectivity index (χ0n) is 10.2. The number of anilines is 1. The lowest BCUT2D eigenvalue weighted by Crippen LogP contribution is -2.45. The Morgan fingerprint density at radius 3 is 2.72 bits per heavy atom. The van der Waals surface area contributed by atoms with Crippen molar-refractivity contribution in [2.45, 2.75) is 19.4 Å². The second-order valence-corrected chi connectivity index (χ2v) is 3.69. The molecular formula is C10H16N4O4. The molecule has 1 aromatic rings. The number of nitrogens with zero attached hydrogens (tertiary/aromatic N) is 2. The van der Waals surface area contributed by atoms with Gasteiger partial charge in [-0.2, -0.15) is 5.10 Å². The Balaban J connectivity index is 2.66. The number of aromatic nitrogens is 2. The molecule has 18 heavy (non-hydrogen) atoms. The Labute approximate surface area is 104 Å². The molecule has 8 heteroatoms. The maximum absolute atomic E-state index is 11.5. The van der Waals surface area contributed by atoms with Gasteiger partial charge in [0.05, 0.1) is 18.0 Å². The maximum Gasteiger partial charge on any atom is 0.328 e. The SMILES string of the molecule is CCc1nn(C)cc1NC(=O)N[C@H](CO)C(=O)O. The summed E-state index contributed by atoms with van der Waals surface area (Å²) in [5.74, 6) is -1.30. The molecule has 100 valence electrons. The van der Waals surface area contributed by atoms with Crippen molar-refractivity contribution in [1.82, 2.24) is 15.1 Å². The smallest absolute Gasteiger partial charge is 0.328 e. The topological polar surface area (TPSA) is 116 Å². The molecule has 4 N–H and O–H groups in total. The maximum atomic E-state index is 11.5. The van der Waals surface area contributed by atoms with Gasteiger partial charge in [0.15, 0.2) is 6.04 Å². The molecule has 0 saturated carbocycles. The molecule has 0 aromatic carbocycles. The first kappa shape index (κ1) is 14.0. The molecule has 1 rings (SSSR count).